The molecule has 7 heteroatoms. The van der Waals surface area contributed by atoms with Crippen LogP contribution in [0.25, 0.3) is 0 Å². The summed E-state index contributed by atoms with van der Waals surface area (Å²) in [5.74, 6) is 0.484. The second-order valence-electron chi connectivity index (χ2n) is 5.17. The van der Waals surface area contributed by atoms with E-state index in [2.05, 4.69) is 4.99 Å². The Kier molecular flexibility index (Phi) is 6.28. The first-order valence-electron chi connectivity index (χ1n) is 6.52. The second kappa shape index (κ2) is 7.05. The Morgan fingerprint density at radius 1 is 1.42 bits per heavy atom. The van der Waals surface area contributed by atoms with Crippen LogP contribution in [0.2, 0.25) is 0 Å². The van der Waals surface area contributed by atoms with Crippen LogP contribution in [0.3, 0.4) is 0 Å². The van der Waals surface area contributed by atoms with Crippen LogP contribution in [-0.4, -0.2) is 66.6 Å². The Bertz CT molecular complexity index is 329. The highest BCUT2D eigenvalue weighted by Crippen LogP contribution is 2.25. The van der Waals surface area contributed by atoms with Gasteiger partial charge in [-0.25, -0.2) is 0 Å². The fraction of sp³-hybridized carbons (Fsp3) is 0.917. The summed E-state index contributed by atoms with van der Waals surface area (Å²) in [5, 5.41) is 10.3. The summed E-state index contributed by atoms with van der Waals surface area (Å²) in [6.07, 6.45) is 0.603. The van der Waals surface area contributed by atoms with E-state index in [9.17, 15) is 5.11 Å². The molecule has 0 bridgehead atoms. The zero-order valence-corrected chi connectivity index (χ0v) is 13.9. The van der Waals surface area contributed by atoms with Gasteiger partial charge in [0, 0.05) is 26.1 Å². The van der Waals surface area contributed by atoms with Gasteiger partial charge in [-0.05, 0) is 13.8 Å². The lowest BCUT2D eigenvalue weighted by molar-refractivity contribution is -0.0207. The number of guanidine groups is 1. The minimum Gasteiger partial charge on any atom is -0.385 e. The summed E-state index contributed by atoms with van der Waals surface area (Å²) in [6.45, 7) is 6.94. The number of nitrogens with zero attached hydrogens (tertiary/aromatic N) is 2. The molecule has 0 amide bonds. The smallest absolute Gasteiger partial charge is 0.191 e. The number of hydrogen-bond donors (Lipinski definition) is 2. The number of aliphatic imine (C=N–C) groups is 1. The van der Waals surface area contributed by atoms with E-state index in [0.717, 1.165) is 13.1 Å². The van der Waals surface area contributed by atoms with E-state index in [1.807, 2.05) is 18.7 Å². The number of rotatable bonds is 2. The molecular formula is C12H24IN3O3. The standard InChI is InChI=1S/C12H23N3O3.HI/c1-9-7-15(4-6-17-9)11(13)14-8-12(16)3-5-18-10(12)2;/h9-10,16H,3-8H2,1-2H3,(H2,13,14);1H. The SMILES string of the molecule is CC1CN(C(N)=NCC2(O)CCOC2C)CCO1.I. The van der Waals surface area contributed by atoms with E-state index in [1.165, 1.54) is 0 Å². The summed E-state index contributed by atoms with van der Waals surface area (Å²) in [4.78, 5) is 6.32. The Labute approximate surface area is 131 Å². The number of aliphatic hydroxyl groups is 1. The predicted octanol–water partition coefficient (Wildman–Crippen LogP) is 0.180. The van der Waals surface area contributed by atoms with Crippen molar-refractivity contribution in [1.29, 1.82) is 0 Å². The van der Waals surface area contributed by atoms with Crippen molar-refractivity contribution < 1.29 is 14.6 Å². The number of morpholine rings is 1. The Morgan fingerprint density at radius 3 is 2.74 bits per heavy atom. The molecule has 2 rings (SSSR count). The summed E-state index contributed by atoms with van der Waals surface area (Å²) < 4.78 is 10.8. The molecule has 0 spiro atoms. The Morgan fingerprint density at radius 2 is 2.16 bits per heavy atom. The maximum absolute atomic E-state index is 10.3. The normalized spacial score (nSPS) is 36.2. The van der Waals surface area contributed by atoms with Gasteiger partial charge in [-0.15, -0.1) is 24.0 Å². The molecule has 2 saturated heterocycles. The Hall–Kier alpha value is -0.120. The quantitative estimate of drug-likeness (QED) is 0.403. The van der Waals surface area contributed by atoms with Crippen LogP contribution in [-0.2, 0) is 9.47 Å². The molecule has 19 heavy (non-hydrogen) atoms. The van der Waals surface area contributed by atoms with Crippen LogP contribution in [0, 0.1) is 0 Å². The third-order valence-electron chi connectivity index (χ3n) is 3.74. The third kappa shape index (κ3) is 4.17. The summed E-state index contributed by atoms with van der Waals surface area (Å²) in [5.41, 5.74) is 5.09. The van der Waals surface area contributed by atoms with Crippen molar-refractivity contribution in [3.8, 4) is 0 Å². The van der Waals surface area contributed by atoms with Crippen LogP contribution in [0.1, 0.15) is 20.3 Å². The molecule has 2 heterocycles. The van der Waals surface area contributed by atoms with E-state index in [4.69, 9.17) is 15.2 Å². The molecule has 0 aromatic rings. The molecule has 3 unspecified atom stereocenters. The second-order valence-corrected chi connectivity index (χ2v) is 5.17. The van der Waals surface area contributed by atoms with Gasteiger partial charge in [0.1, 0.15) is 5.60 Å². The molecule has 0 saturated carbocycles. The average Bonchev–Trinajstić information content (AvgIpc) is 2.67. The molecule has 6 nitrogen and oxygen atoms in total. The molecule has 0 aromatic carbocycles. The molecular weight excluding hydrogens is 361 g/mol. The molecule has 112 valence electrons. The lowest BCUT2D eigenvalue weighted by atomic mass is 9.97. The van der Waals surface area contributed by atoms with Gasteiger partial charge in [-0.3, -0.25) is 4.99 Å². The van der Waals surface area contributed by atoms with Gasteiger partial charge in [0.2, 0.25) is 0 Å². The fourth-order valence-corrected chi connectivity index (χ4v) is 2.32. The number of ether oxygens (including phenoxy) is 2. The minimum atomic E-state index is -0.872. The van der Waals surface area contributed by atoms with Crippen molar-refractivity contribution in [2.45, 2.75) is 38.1 Å². The van der Waals surface area contributed by atoms with Crippen LogP contribution in [0.5, 0.6) is 0 Å². The fourth-order valence-electron chi connectivity index (χ4n) is 2.32. The Balaban J connectivity index is 0.00000180. The van der Waals surface area contributed by atoms with E-state index in [1.54, 1.807) is 0 Å². The summed E-state index contributed by atoms with van der Waals surface area (Å²) in [6, 6.07) is 0. The summed E-state index contributed by atoms with van der Waals surface area (Å²) >= 11 is 0. The van der Waals surface area contributed by atoms with Crippen molar-refractivity contribution in [2.75, 3.05) is 32.8 Å². The molecule has 0 aliphatic carbocycles. The van der Waals surface area contributed by atoms with Crippen LogP contribution >= 0.6 is 24.0 Å². The van der Waals surface area contributed by atoms with Crippen molar-refractivity contribution in [2.24, 2.45) is 10.7 Å². The van der Waals surface area contributed by atoms with E-state index in [-0.39, 0.29) is 36.2 Å². The highest BCUT2D eigenvalue weighted by molar-refractivity contribution is 14.0. The van der Waals surface area contributed by atoms with E-state index in [0.29, 0.717) is 32.1 Å². The average molecular weight is 385 g/mol. The lowest BCUT2D eigenvalue weighted by Crippen LogP contribution is -2.49. The highest BCUT2D eigenvalue weighted by atomic mass is 127. The van der Waals surface area contributed by atoms with Gasteiger partial charge in [0.25, 0.3) is 0 Å². The highest BCUT2D eigenvalue weighted by Gasteiger charge is 2.39. The molecule has 2 fully saturated rings. The minimum absolute atomic E-state index is 0. The van der Waals surface area contributed by atoms with Crippen LogP contribution < -0.4 is 5.73 Å². The molecule has 0 aromatic heterocycles. The largest absolute Gasteiger partial charge is 0.385 e. The maximum atomic E-state index is 10.3. The third-order valence-corrected chi connectivity index (χ3v) is 3.74. The van der Waals surface area contributed by atoms with Gasteiger partial charge >= 0.3 is 0 Å². The zero-order valence-electron chi connectivity index (χ0n) is 11.5. The van der Waals surface area contributed by atoms with Crippen molar-refractivity contribution in [3.05, 3.63) is 0 Å². The first-order chi connectivity index (χ1) is 8.51. The maximum Gasteiger partial charge on any atom is 0.191 e. The topological polar surface area (TPSA) is 80.3 Å². The molecule has 2 aliphatic rings. The molecule has 3 N–H and O–H groups in total. The predicted molar refractivity (Wildman–Crippen MR) is 83.9 cm³/mol. The van der Waals surface area contributed by atoms with Gasteiger partial charge in [-0.1, -0.05) is 0 Å². The van der Waals surface area contributed by atoms with E-state index < -0.39 is 5.60 Å². The molecule has 2 aliphatic heterocycles. The number of halogens is 1. The molecule has 0 radical (unpaired) electrons. The van der Waals surface area contributed by atoms with Crippen LogP contribution in [0.4, 0.5) is 0 Å². The number of nitrogens with two attached hydrogens (primary N) is 1. The first kappa shape index (κ1) is 16.9. The van der Waals surface area contributed by atoms with Crippen molar-refractivity contribution >= 4 is 29.9 Å². The van der Waals surface area contributed by atoms with Gasteiger partial charge in [-0.2, -0.15) is 0 Å². The monoisotopic (exact) mass is 385 g/mol. The summed E-state index contributed by atoms with van der Waals surface area (Å²) in [7, 11) is 0. The van der Waals surface area contributed by atoms with Crippen molar-refractivity contribution in [1.82, 2.24) is 4.90 Å². The molecule has 3 atom stereocenters. The van der Waals surface area contributed by atoms with Crippen molar-refractivity contribution in [3.63, 3.8) is 0 Å². The van der Waals surface area contributed by atoms with Gasteiger partial charge in [0.15, 0.2) is 5.96 Å². The lowest BCUT2D eigenvalue weighted by Gasteiger charge is -2.32. The zero-order chi connectivity index (χ0) is 13.2. The first-order valence-corrected chi connectivity index (χ1v) is 6.52. The van der Waals surface area contributed by atoms with E-state index >= 15 is 0 Å². The number of hydrogen-bond acceptors (Lipinski definition) is 4. The van der Waals surface area contributed by atoms with Gasteiger partial charge in [0.05, 0.1) is 25.4 Å². The van der Waals surface area contributed by atoms with Crippen LogP contribution in [0.15, 0.2) is 4.99 Å². The van der Waals surface area contributed by atoms with Gasteiger partial charge < -0.3 is 25.2 Å².